The van der Waals surface area contributed by atoms with Crippen molar-refractivity contribution in [3.8, 4) is 0 Å². The van der Waals surface area contributed by atoms with E-state index in [0.29, 0.717) is 37.1 Å². The monoisotopic (exact) mass is 357 g/mol. The fourth-order valence-corrected chi connectivity index (χ4v) is 2.85. The van der Waals surface area contributed by atoms with Crippen molar-refractivity contribution in [1.82, 2.24) is 14.9 Å². The topological polar surface area (TPSA) is 61.4 Å². The molecule has 0 spiro atoms. The van der Waals surface area contributed by atoms with Gasteiger partial charge in [-0.05, 0) is 12.1 Å². The number of carbonyl (C=O) groups excluding carboxylic acids is 1. The van der Waals surface area contributed by atoms with Gasteiger partial charge in [-0.2, -0.15) is 13.2 Å². The predicted molar refractivity (Wildman–Crippen MR) is 84.2 cm³/mol. The Morgan fingerprint density at radius 3 is 2.46 bits per heavy atom. The summed E-state index contributed by atoms with van der Waals surface area (Å²) in [7, 11) is 0. The summed E-state index contributed by atoms with van der Waals surface area (Å²) in [6.45, 7) is 1.92. The molecule has 1 saturated heterocycles. The minimum Gasteiger partial charge on any atom is -0.353 e. The van der Waals surface area contributed by atoms with E-state index in [2.05, 4.69) is 15.3 Å². The lowest BCUT2D eigenvalue weighted by Gasteiger charge is -2.35. The molecule has 2 aromatic rings. The lowest BCUT2D eigenvalue weighted by molar-refractivity contribution is -0.137. The number of pyridine rings is 1. The van der Waals surface area contributed by atoms with E-state index in [9.17, 15) is 18.0 Å². The van der Waals surface area contributed by atoms with Gasteiger partial charge in [0.15, 0.2) is 5.13 Å². The van der Waals surface area contributed by atoms with Gasteiger partial charge in [0.05, 0.1) is 5.56 Å². The van der Waals surface area contributed by atoms with E-state index in [1.807, 2.05) is 4.90 Å². The minimum absolute atomic E-state index is 0.232. The first-order valence-electron chi connectivity index (χ1n) is 7.17. The molecule has 128 valence electrons. The van der Waals surface area contributed by atoms with Crippen LogP contribution in [0.1, 0.15) is 5.56 Å². The molecule has 2 amide bonds. The average molecular weight is 357 g/mol. The molecule has 1 fully saturated rings. The van der Waals surface area contributed by atoms with E-state index in [1.165, 1.54) is 17.4 Å². The van der Waals surface area contributed by atoms with Crippen LogP contribution in [0, 0.1) is 0 Å². The fourth-order valence-electron chi connectivity index (χ4n) is 2.34. The van der Waals surface area contributed by atoms with Crippen molar-refractivity contribution in [3.05, 3.63) is 35.5 Å². The van der Waals surface area contributed by atoms with Crippen molar-refractivity contribution in [2.75, 3.05) is 36.4 Å². The van der Waals surface area contributed by atoms with E-state index in [1.54, 1.807) is 16.5 Å². The number of nitrogens with one attached hydrogen (secondary N) is 1. The van der Waals surface area contributed by atoms with Gasteiger partial charge in [-0.1, -0.05) is 0 Å². The Balaban J connectivity index is 1.56. The highest BCUT2D eigenvalue weighted by atomic mass is 32.1. The summed E-state index contributed by atoms with van der Waals surface area (Å²) in [4.78, 5) is 23.4. The number of alkyl halides is 3. The Hall–Kier alpha value is -2.36. The molecular weight excluding hydrogens is 343 g/mol. The molecule has 0 aromatic carbocycles. The van der Waals surface area contributed by atoms with Crippen LogP contribution in [0.2, 0.25) is 0 Å². The Morgan fingerprint density at radius 1 is 1.17 bits per heavy atom. The summed E-state index contributed by atoms with van der Waals surface area (Å²) in [5.41, 5.74) is -0.771. The van der Waals surface area contributed by atoms with E-state index >= 15 is 0 Å². The first-order chi connectivity index (χ1) is 11.4. The van der Waals surface area contributed by atoms with Gasteiger partial charge in [0.1, 0.15) is 5.82 Å². The normalized spacial score (nSPS) is 15.5. The molecule has 0 aliphatic carbocycles. The Bertz CT molecular complexity index is 681. The molecule has 0 atom stereocenters. The SMILES string of the molecule is O=C(Nc1nccs1)N1CCN(c2ccc(C(F)(F)F)cn2)CC1. The second kappa shape index (κ2) is 6.63. The molecule has 1 aliphatic heterocycles. The number of urea groups is 1. The van der Waals surface area contributed by atoms with Crippen molar-refractivity contribution < 1.29 is 18.0 Å². The highest BCUT2D eigenvalue weighted by Gasteiger charge is 2.31. The lowest BCUT2D eigenvalue weighted by Crippen LogP contribution is -2.50. The molecular formula is C14H14F3N5OS. The fraction of sp³-hybridized carbons (Fsp3) is 0.357. The molecule has 3 heterocycles. The number of halogens is 3. The molecule has 24 heavy (non-hydrogen) atoms. The van der Waals surface area contributed by atoms with Crippen LogP contribution in [-0.2, 0) is 6.18 Å². The van der Waals surface area contributed by atoms with Gasteiger partial charge in [0, 0.05) is 44.0 Å². The van der Waals surface area contributed by atoms with Gasteiger partial charge in [-0.15, -0.1) is 11.3 Å². The van der Waals surface area contributed by atoms with E-state index in [-0.39, 0.29) is 6.03 Å². The number of anilines is 2. The third-order valence-electron chi connectivity index (χ3n) is 3.61. The molecule has 2 aromatic heterocycles. The maximum Gasteiger partial charge on any atom is 0.417 e. The molecule has 1 N–H and O–H groups in total. The first-order valence-corrected chi connectivity index (χ1v) is 8.05. The van der Waals surface area contributed by atoms with Crippen LogP contribution in [0.25, 0.3) is 0 Å². The van der Waals surface area contributed by atoms with Crippen LogP contribution in [0.15, 0.2) is 29.9 Å². The summed E-state index contributed by atoms with van der Waals surface area (Å²) in [6, 6.07) is 2.14. The number of thiazole rings is 1. The first kappa shape index (κ1) is 16.5. The number of aromatic nitrogens is 2. The van der Waals surface area contributed by atoms with Gasteiger partial charge in [0.2, 0.25) is 0 Å². The zero-order valence-corrected chi connectivity index (χ0v) is 13.3. The number of nitrogens with zero attached hydrogens (tertiary/aromatic N) is 4. The number of hydrogen-bond acceptors (Lipinski definition) is 5. The van der Waals surface area contributed by atoms with Gasteiger partial charge in [0.25, 0.3) is 0 Å². The number of amides is 2. The summed E-state index contributed by atoms with van der Waals surface area (Å²) in [5, 5.41) is 5.01. The van der Waals surface area contributed by atoms with Crippen molar-refractivity contribution in [1.29, 1.82) is 0 Å². The van der Waals surface area contributed by atoms with Gasteiger partial charge in [-0.25, -0.2) is 14.8 Å². The number of carbonyl (C=O) groups is 1. The summed E-state index contributed by atoms with van der Waals surface area (Å²) >= 11 is 1.33. The second-order valence-corrected chi connectivity index (χ2v) is 6.04. The molecule has 3 rings (SSSR count). The van der Waals surface area contributed by atoms with Crippen molar-refractivity contribution in [2.45, 2.75) is 6.18 Å². The van der Waals surface area contributed by atoms with Crippen LogP contribution in [0.3, 0.4) is 0 Å². The van der Waals surface area contributed by atoms with Gasteiger partial charge in [-0.3, -0.25) is 5.32 Å². The molecule has 10 heteroatoms. The molecule has 0 saturated carbocycles. The van der Waals surface area contributed by atoms with Crippen LogP contribution in [0.4, 0.5) is 28.9 Å². The van der Waals surface area contributed by atoms with Crippen LogP contribution in [-0.4, -0.2) is 47.1 Å². The van der Waals surface area contributed by atoms with Gasteiger partial charge >= 0.3 is 12.2 Å². The van der Waals surface area contributed by atoms with Crippen LogP contribution >= 0.6 is 11.3 Å². The largest absolute Gasteiger partial charge is 0.417 e. The highest BCUT2D eigenvalue weighted by molar-refractivity contribution is 7.13. The third-order valence-corrected chi connectivity index (χ3v) is 4.30. The zero-order valence-electron chi connectivity index (χ0n) is 12.5. The van der Waals surface area contributed by atoms with E-state index in [0.717, 1.165) is 12.3 Å². The Morgan fingerprint density at radius 2 is 1.92 bits per heavy atom. The smallest absolute Gasteiger partial charge is 0.353 e. The molecule has 6 nitrogen and oxygen atoms in total. The maximum atomic E-state index is 12.5. The zero-order chi connectivity index (χ0) is 17.2. The third kappa shape index (κ3) is 3.75. The molecule has 0 bridgehead atoms. The Labute approximate surface area is 139 Å². The molecule has 1 aliphatic rings. The summed E-state index contributed by atoms with van der Waals surface area (Å²) in [5.74, 6) is 0.475. The molecule has 0 radical (unpaired) electrons. The highest BCUT2D eigenvalue weighted by Crippen LogP contribution is 2.29. The Kier molecular flexibility index (Phi) is 4.56. The van der Waals surface area contributed by atoms with Crippen molar-refractivity contribution in [3.63, 3.8) is 0 Å². The van der Waals surface area contributed by atoms with E-state index in [4.69, 9.17) is 0 Å². The number of piperazine rings is 1. The standard InChI is InChI=1S/C14H14F3N5OS/c15-14(16,17)10-1-2-11(19-9-10)21-4-6-22(7-5-21)13(23)20-12-18-3-8-24-12/h1-3,8-9H,4-7H2,(H,18,20,23). The number of rotatable bonds is 2. The van der Waals surface area contributed by atoms with Crippen LogP contribution in [0.5, 0.6) is 0 Å². The van der Waals surface area contributed by atoms with Crippen molar-refractivity contribution in [2.24, 2.45) is 0 Å². The van der Waals surface area contributed by atoms with Crippen LogP contribution < -0.4 is 10.2 Å². The van der Waals surface area contributed by atoms with Gasteiger partial charge < -0.3 is 9.80 Å². The quantitative estimate of drug-likeness (QED) is 0.898. The summed E-state index contributed by atoms with van der Waals surface area (Å²) in [6.07, 6.45) is -1.95. The maximum absolute atomic E-state index is 12.5. The van der Waals surface area contributed by atoms with E-state index < -0.39 is 11.7 Å². The predicted octanol–water partition coefficient (Wildman–Crippen LogP) is 2.91. The van der Waals surface area contributed by atoms with Crippen molar-refractivity contribution >= 4 is 28.3 Å². The molecule has 0 unspecified atom stereocenters. The lowest BCUT2D eigenvalue weighted by atomic mass is 10.2. The minimum atomic E-state index is -4.39. The average Bonchev–Trinajstić information content (AvgIpc) is 3.07. The summed E-state index contributed by atoms with van der Waals surface area (Å²) < 4.78 is 37.6. The number of hydrogen-bond donors (Lipinski definition) is 1. The second-order valence-electron chi connectivity index (χ2n) is 5.14.